The van der Waals surface area contributed by atoms with Crippen LogP contribution in [0.5, 0.6) is 0 Å². The minimum atomic E-state index is 0.142. The second kappa shape index (κ2) is 8.08. The zero-order chi connectivity index (χ0) is 10.1. The fourth-order valence-electron chi connectivity index (χ4n) is 0.944. The summed E-state index contributed by atoms with van der Waals surface area (Å²) in [5, 5.41) is 0. The molecule has 0 saturated carbocycles. The minimum Gasteiger partial charge on any atom is -0.499 e. The fourth-order valence-corrected chi connectivity index (χ4v) is 0.944. The van der Waals surface area contributed by atoms with Gasteiger partial charge in [0.15, 0.2) is 0 Å². The summed E-state index contributed by atoms with van der Waals surface area (Å²) in [6, 6.07) is 0. The monoisotopic (exact) mass is 188 g/mol. The summed E-state index contributed by atoms with van der Waals surface area (Å²) < 4.78 is 15.7. The van der Waals surface area contributed by atoms with E-state index in [2.05, 4.69) is 6.58 Å². The van der Waals surface area contributed by atoms with Gasteiger partial charge in [0.1, 0.15) is 6.61 Å². The highest BCUT2D eigenvalue weighted by Crippen LogP contribution is 1.97. The smallest absolute Gasteiger partial charge is 0.111 e. The standard InChI is InChI=1S/C10H20O3/c1-5-11-6-7-12-8-10(4)13-9(2)3/h5,9-10H,1,6-8H2,2-4H3. The van der Waals surface area contributed by atoms with Gasteiger partial charge in [-0.05, 0) is 20.8 Å². The van der Waals surface area contributed by atoms with Gasteiger partial charge in [-0.15, -0.1) is 0 Å². The van der Waals surface area contributed by atoms with E-state index in [9.17, 15) is 0 Å². The van der Waals surface area contributed by atoms with Crippen LogP contribution in [0.2, 0.25) is 0 Å². The van der Waals surface area contributed by atoms with Crippen LogP contribution in [0.25, 0.3) is 0 Å². The Balaban J connectivity index is 3.16. The molecule has 0 spiro atoms. The van der Waals surface area contributed by atoms with Crippen molar-refractivity contribution in [3.8, 4) is 0 Å². The van der Waals surface area contributed by atoms with Gasteiger partial charge in [0.2, 0.25) is 0 Å². The van der Waals surface area contributed by atoms with Crippen molar-refractivity contribution in [3.63, 3.8) is 0 Å². The van der Waals surface area contributed by atoms with E-state index in [1.54, 1.807) is 0 Å². The molecule has 0 aliphatic carbocycles. The molecule has 78 valence electrons. The van der Waals surface area contributed by atoms with Crippen LogP contribution in [-0.2, 0) is 14.2 Å². The van der Waals surface area contributed by atoms with Gasteiger partial charge in [0, 0.05) is 0 Å². The highest BCUT2D eigenvalue weighted by atomic mass is 16.5. The first-order valence-electron chi connectivity index (χ1n) is 4.62. The molecule has 0 heterocycles. The summed E-state index contributed by atoms with van der Waals surface area (Å²) in [6.45, 7) is 11.2. The first-order chi connectivity index (χ1) is 6.16. The molecule has 0 rings (SSSR count). The Hall–Kier alpha value is -0.540. The summed E-state index contributed by atoms with van der Waals surface area (Å²) in [6.07, 6.45) is 1.81. The molecule has 0 N–H and O–H groups in total. The van der Waals surface area contributed by atoms with Crippen LogP contribution >= 0.6 is 0 Å². The Morgan fingerprint density at radius 2 is 1.92 bits per heavy atom. The molecule has 1 unspecified atom stereocenters. The molecule has 0 aromatic carbocycles. The Morgan fingerprint density at radius 3 is 2.46 bits per heavy atom. The predicted octanol–water partition coefficient (Wildman–Crippen LogP) is 1.98. The molecule has 0 radical (unpaired) electrons. The SMILES string of the molecule is C=COCCOCC(C)OC(C)C. The molecule has 0 aliphatic heterocycles. The van der Waals surface area contributed by atoms with Crippen LogP contribution in [-0.4, -0.2) is 32.0 Å². The molecule has 0 aromatic rings. The highest BCUT2D eigenvalue weighted by Gasteiger charge is 2.03. The Kier molecular flexibility index (Phi) is 7.74. The van der Waals surface area contributed by atoms with E-state index >= 15 is 0 Å². The van der Waals surface area contributed by atoms with Gasteiger partial charge in [0.25, 0.3) is 0 Å². The van der Waals surface area contributed by atoms with Crippen molar-refractivity contribution in [2.45, 2.75) is 33.0 Å². The third-order valence-corrected chi connectivity index (χ3v) is 1.32. The molecule has 0 bridgehead atoms. The van der Waals surface area contributed by atoms with Crippen LogP contribution in [0.4, 0.5) is 0 Å². The van der Waals surface area contributed by atoms with Crippen molar-refractivity contribution >= 4 is 0 Å². The average molecular weight is 188 g/mol. The van der Waals surface area contributed by atoms with E-state index < -0.39 is 0 Å². The molecular weight excluding hydrogens is 168 g/mol. The van der Waals surface area contributed by atoms with E-state index in [0.717, 1.165) is 0 Å². The van der Waals surface area contributed by atoms with E-state index in [-0.39, 0.29) is 12.2 Å². The van der Waals surface area contributed by atoms with Crippen molar-refractivity contribution in [2.75, 3.05) is 19.8 Å². The topological polar surface area (TPSA) is 27.7 Å². The first-order valence-corrected chi connectivity index (χ1v) is 4.62. The molecule has 13 heavy (non-hydrogen) atoms. The molecule has 0 aliphatic rings. The summed E-state index contributed by atoms with van der Waals surface area (Å²) in [5.41, 5.74) is 0. The van der Waals surface area contributed by atoms with Crippen LogP contribution in [0.15, 0.2) is 12.8 Å². The van der Waals surface area contributed by atoms with Crippen molar-refractivity contribution in [2.24, 2.45) is 0 Å². The summed E-state index contributed by atoms with van der Waals surface area (Å²) in [4.78, 5) is 0. The summed E-state index contributed by atoms with van der Waals surface area (Å²) in [7, 11) is 0. The lowest BCUT2D eigenvalue weighted by Gasteiger charge is -2.15. The lowest BCUT2D eigenvalue weighted by Crippen LogP contribution is -2.21. The molecule has 0 aromatic heterocycles. The number of hydrogen-bond acceptors (Lipinski definition) is 3. The molecular formula is C10H20O3. The predicted molar refractivity (Wildman–Crippen MR) is 52.7 cm³/mol. The van der Waals surface area contributed by atoms with Crippen molar-refractivity contribution in [1.82, 2.24) is 0 Å². The van der Waals surface area contributed by atoms with Crippen LogP contribution in [0.1, 0.15) is 20.8 Å². The average Bonchev–Trinajstić information content (AvgIpc) is 2.02. The van der Waals surface area contributed by atoms with Gasteiger partial charge in [-0.2, -0.15) is 0 Å². The van der Waals surface area contributed by atoms with Gasteiger partial charge in [-0.25, -0.2) is 0 Å². The highest BCUT2D eigenvalue weighted by molar-refractivity contribution is 4.51. The molecule has 1 atom stereocenters. The third-order valence-electron chi connectivity index (χ3n) is 1.32. The molecule has 0 amide bonds. The van der Waals surface area contributed by atoms with E-state index in [4.69, 9.17) is 14.2 Å². The summed E-state index contributed by atoms with van der Waals surface area (Å²) >= 11 is 0. The van der Waals surface area contributed by atoms with Crippen LogP contribution < -0.4 is 0 Å². The number of ether oxygens (including phenoxy) is 3. The van der Waals surface area contributed by atoms with Crippen molar-refractivity contribution in [1.29, 1.82) is 0 Å². The lowest BCUT2D eigenvalue weighted by atomic mass is 10.4. The molecule has 3 nitrogen and oxygen atoms in total. The van der Waals surface area contributed by atoms with Gasteiger partial charge >= 0.3 is 0 Å². The van der Waals surface area contributed by atoms with Crippen molar-refractivity contribution in [3.05, 3.63) is 12.8 Å². The molecule has 3 heteroatoms. The third kappa shape index (κ3) is 9.37. The van der Waals surface area contributed by atoms with E-state index in [1.807, 2.05) is 20.8 Å². The maximum Gasteiger partial charge on any atom is 0.111 e. The zero-order valence-corrected chi connectivity index (χ0v) is 8.79. The Morgan fingerprint density at radius 1 is 1.23 bits per heavy atom. The Bertz CT molecular complexity index is 123. The Labute approximate surface area is 80.7 Å². The van der Waals surface area contributed by atoms with E-state index in [1.165, 1.54) is 6.26 Å². The van der Waals surface area contributed by atoms with Crippen molar-refractivity contribution < 1.29 is 14.2 Å². The van der Waals surface area contributed by atoms with Gasteiger partial charge in [-0.1, -0.05) is 6.58 Å². The molecule has 0 saturated heterocycles. The maximum absolute atomic E-state index is 5.47. The summed E-state index contributed by atoms with van der Waals surface area (Å²) in [5.74, 6) is 0. The maximum atomic E-state index is 5.47. The second-order valence-corrected chi connectivity index (χ2v) is 3.11. The van der Waals surface area contributed by atoms with Crippen LogP contribution in [0.3, 0.4) is 0 Å². The number of hydrogen-bond donors (Lipinski definition) is 0. The normalized spacial score (nSPS) is 12.9. The van der Waals surface area contributed by atoms with Gasteiger partial charge in [-0.3, -0.25) is 0 Å². The zero-order valence-electron chi connectivity index (χ0n) is 8.79. The fraction of sp³-hybridized carbons (Fsp3) is 0.800. The molecule has 0 fully saturated rings. The minimum absolute atomic E-state index is 0.142. The number of rotatable bonds is 8. The second-order valence-electron chi connectivity index (χ2n) is 3.11. The van der Waals surface area contributed by atoms with E-state index in [0.29, 0.717) is 19.8 Å². The van der Waals surface area contributed by atoms with Crippen LogP contribution in [0, 0.1) is 0 Å². The first kappa shape index (κ1) is 12.5. The van der Waals surface area contributed by atoms with Gasteiger partial charge < -0.3 is 14.2 Å². The lowest BCUT2D eigenvalue weighted by molar-refractivity contribution is -0.0405. The van der Waals surface area contributed by atoms with Gasteiger partial charge in [0.05, 0.1) is 31.7 Å². The largest absolute Gasteiger partial charge is 0.499 e. The quantitative estimate of drug-likeness (QED) is 0.430.